The van der Waals surface area contributed by atoms with Crippen molar-refractivity contribution in [2.24, 2.45) is 0 Å². The Morgan fingerprint density at radius 1 is 1.20 bits per heavy atom. The van der Waals surface area contributed by atoms with E-state index in [-0.39, 0.29) is 10.8 Å². The molecule has 0 aliphatic rings. The van der Waals surface area contributed by atoms with Gasteiger partial charge in [0.1, 0.15) is 4.90 Å². The first-order valence-corrected chi connectivity index (χ1v) is 7.21. The van der Waals surface area contributed by atoms with Crippen LogP contribution >= 0.6 is 0 Å². The summed E-state index contributed by atoms with van der Waals surface area (Å²) in [5.74, 6) is 0.0192. The van der Waals surface area contributed by atoms with Gasteiger partial charge < -0.3 is 10.7 Å². The molecule has 0 bridgehead atoms. The molecule has 3 rings (SSSR count). The maximum atomic E-state index is 12.3. The van der Waals surface area contributed by atoms with Crippen molar-refractivity contribution in [3.63, 3.8) is 0 Å². The minimum Gasteiger partial charge on any atom is -0.399 e. The van der Waals surface area contributed by atoms with Gasteiger partial charge in [-0.05, 0) is 24.3 Å². The van der Waals surface area contributed by atoms with E-state index in [2.05, 4.69) is 19.7 Å². The number of nitrogens with one attached hydrogen (secondary N) is 2. The Bertz CT molecular complexity index is 858. The Labute approximate surface area is 114 Å². The highest BCUT2D eigenvalue weighted by Gasteiger charge is 2.20. The standard InChI is InChI=1S/C12H11N5O2S/c13-8-2-3-10-9(6-8)11(7-16-10)20(18,19)17-12-14-4-1-5-15-12/h1-7,16H,13H2,(H,14,15,17). The fraction of sp³-hybridized carbons (Fsp3) is 0. The average molecular weight is 289 g/mol. The summed E-state index contributed by atoms with van der Waals surface area (Å²) in [5.41, 5.74) is 6.87. The van der Waals surface area contributed by atoms with E-state index in [9.17, 15) is 8.42 Å². The molecular formula is C12H11N5O2S. The molecule has 0 saturated heterocycles. The van der Waals surface area contributed by atoms with Crippen LogP contribution in [0, 0.1) is 0 Å². The van der Waals surface area contributed by atoms with Crippen molar-refractivity contribution in [3.8, 4) is 0 Å². The minimum atomic E-state index is -3.78. The van der Waals surface area contributed by atoms with Gasteiger partial charge in [0.2, 0.25) is 5.95 Å². The van der Waals surface area contributed by atoms with Crippen molar-refractivity contribution in [3.05, 3.63) is 42.9 Å². The van der Waals surface area contributed by atoms with Gasteiger partial charge in [-0.2, -0.15) is 0 Å². The molecule has 20 heavy (non-hydrogen) atoms. The van der Waals surface area contributed by atoms with Gasteiger partial charge in [-0.1, -0.05) is 0 Å². The maximum Gasteiger partial charge on any atom is 0.266 e. The predicted octanol–water partition coefficient (Wildman–Crippen LogP) is 1.34. The van der Waals surface area contributed by atoms with E-state index in [1.807, 2.05) is 0 Å². The molecule has 0 unspecified atom stereocenters. The largest absolute Gasteiger partial charge is 0.399 e. The highest BCUT2D eigenvalue weighted by atomic mass is 32.2. The Balaban J connectivity index is 2.08. The van der Waals surface area contributed by atoms with Crippen molar-refractivity contribution in [1.29, 1.82) is 0 Å². The zero-order valence-electron chi connectivity index (χ0n) is 10.2. The Hall–Kier alpha value is -2.61. The molecule has 102 valence electrons. The summed E-state index contributed by atoms with van der Waals surface area (Å²) in [7, 11) is -3.78. The summed E-state index contributed by atoms with van der Waals surface area (Å²) in [6.07, 6.45) is 4.32. The number of nitrogens with two attached hydrogens (primary N) is 1. The molecule has 0 spiro atoms. The van der Waals surface area contributed by atoms with Crippen molar-refractivity contribution in [2.75, 3.05) is 10.5 Å². The topological polar surface area (TPSA) is 114 Å². The number of hydrogen-bond donors (Lipinski definition) is 3. The van der Waals surface area contributed by atoms with E-state index in [0.29, 0.717) is 16.6 Å². The number of hydrogen-bond acceptors (Lipinski definition) is 5. The monoisotopic (exact) mass is 289 g/mol. The highest BCUT2D eigenvalue weighted by molar-refractivity contribution is 7.93. The van der Waals surface area contributed by atoms with Crippen molar-refractivity contribution >= 4 is 32.6 Å². The molecule has 3 aromatic rings. The van der Waals surface area contributed by atoms with Crippen LogP contribution in [0.25, 0.3) is 10.9 Å². The SMILES string of the molecule is Nc1ccc2[nH]cc(S(=O)(=O)Nc3ncccn3)c2c1. The highest BCUT2D eigenvalue weighted by Crippen LogP contribution is 2.25. The molecule has 0 atom stereocenters. The summed E-state index contributed by atoms with van der Waals surface area (Å²) >= 11 is 0. The third-order valence-corrected chi connectivity index (χ3v) is 4.12. The summed E-state index contributed by atoms with van der Waals surface area (Å²) in [4.78, 5) is 10.7. The van der Waals surface area contributed by atoms with Crippen LogP contribution in [0.2, 0.25) is 0 Å². The first kappa shape index (κ1) is 12.4. The molecule has 4 N–H and O–H groups in total. The second-order valence-corrected chi connectivity index (χ2v) is 5.79. The fourth-order valence-electron chi connectivity index (χ4n) is 1.86. The van der Waals surface area contributed by atoms with E-state index < -0.39 is 10.0 Å². The second kappa shape index (κ2) is 4.49. The van der Waals surface area contributed by atoms with Gasteiger partial charge >= 0.3 is 0 Å². The molecule has 0 radical (unpaired) electrons. The van der Waals surface area contributed by atoms with Crippen LogP contribution in [0.5, 0.6) is 0 Å². The molecule has 0 aliphatic heterocycles. The number of sulfonamides is 1. The van der Waals surface area contributed by atoms with Gasteiger partial charge in [0, 0.05) is 35.2 Å². The second-order valence-electron chi connectivity index (χ2n) is 4.14. The predicted molar refractivity (Wildman–Crippen MR) is 75.6 cm³/mol. The number of rotatable bonds is 3. The molecule has 0 saturated carbocycles. The van der Waals surface area contributed by atoms with Crippen LogP contribution in [-0.4, -0.2) is 23.4 Å². The lowest BCUT2D eigenvalue weighted by atomic mass is 10.2. The summed E-state index contributed by atoms with van der Waals surface area (Å²) < 4.78 is 27.0. The van der Waals surface area contributed by atoms with Crippen LogP contribution in [0.15, 0.2) is 47.8 Å². The van der Waals surface area contributed by atoms with Crippen LogP contribution in [0.4, 0.5) is 11.6 Å². The van der Waals surface area contributed by atoms with Crippen LogP contribution in [0.1, 0.15) is 0 Å². The lowest BCUT2D eigenvalue weighted by Gasteiger charge is -2.05. The lowest BCUT2D eigenvalue weighted by molar-refractivity contribution is 0.601. The quantitative estimate of drug-likeness (QED) is 0.630. The fourth-order valence-corrected chi connectivity index (χ4v) is 2.99. The molecule has 8 heteroatoms. The average Bonchev–Trinajstić information content (AvgIpc) is 2.83. The van der Waals surface area contributed by atoms with Gasteiger partial charge in [0.15, 0.2) is 0 Å². The van der Waals surface area contributed by atoms with Crippen molar-refractivity contribution in [2.45, 2.75) is 4.90 Å². The normalized spacial score (nSPS) is 11.6. The van der Waals surface area contributed by atoms with Crippen molar-refractivity contribution < 1.29 is 8.42 Å². The minimum absolute atomic E-state index is 0.0192. The van der Waals surface area contributed by atoms with E-state index in [1.165, 1.54) is 18.6 Å². The van der Waals surface area contributed by atoms with Gasteiger partial charge in [-0.15, -0.1) is 0 Å². The summed E-state index contributed by atoms with van der Waals surface area (Å²) in [5, 5.41) is 0.522. The lowest BCUT2D eigenvalue weighted by Crippen LogP contribution is -2.14. The molecule has 0 amide bonds. The molecular weight excluding hydrogens is 278 g/mol. The van der Waals surface area contributed by atoms with E-state index in [4.69, 9.17) is 5.73 Å². The summed E-state index contributed by atoms with van der Waals surface area (Å²) in [6.45, 7) is 0. The smallest absolute Gasteiger partial charge is 0.266 e. The molecule has 0 aliphatic carbocycles. The number of aromatic amines is 1. The molecule has 7 nitrogen and oxygen atoms in total. The number of benzene rings is 1. The van der Waals surface area contributed by atoms with Gasteiger partial charge in [-0.25, -0.2) is 23.1 Å². The Kier molecular flexibility index (Phi) is 2.79. The Morgan fingerprint density at radius 3 is 2.70 bits per heavy atom. The van der Waals surface area contributed by atoms with Crippen LogP contribution in [-0.2, 0) is 10.0 Å². The maximum absolute atomic E-state index is 12.3. The van der Waals surface area contributed by atoms with Gasteiger partial charge in [0.25, 0.3) is 10.0 Å². The number of aromatic nitrogens is 3. The third kappa shape index (κ3) is 2.16. The Morgan fingerprint density at radius 2 is 1.95 bits per heavy atom. The molecule has 0 fully saturated rings. The van der Waals surface area contributed by atoms with Crippen LogP contribution in [0.3, 0.4) is 0 Å². The zero-order valence-corrected chi connectivity index (χ0v) is 11.1. The van der Waals surface area contributed by atoms with E-state index >= 15 is 0 Å². The number of H-pyrrole nitrogens is 1. The van der Waals surface area contributed by atoms with Crippen molar-refractivity contribution in [1.82, 2.24) is 15.0 Å². The van der Waals surface area contributed by atoms with Gasteiger partial charge in [0.05, 0.1) is 0 Å². The van der Waals surface area contributed by atoms with E-state index in [1.54, 1.807) is 24.3 Å². The number of fused-ring (bicyclic) bond motifs is 1. The summed E-state index contributed by atoms with van der Waals surface area (Å²) in [6, 6.07) is 6.63. The van der Waals surface area contributed by atoms with Gasteiger partial charge in [-0.3, -0.25) is 0 Å². The third-order valence-electron chi connectivity index (χ3n) is 2.75. The number of anilines is 2. The number of nitrogen functional groups attached to an aromatic ring is 1. The first-order chi connectivity index (χ1) is 9.56. The molecule has 2 aromatic heterocycles. The molecule has 2 heterocycles. The van der Waals surface area contributed by atoms with Crippen LogP contribution < -0.4 is 10.5 Å². The zero-order chi connectivity index (χ0) is 14.2. The van der Waals surface area contributed by atoms with E-state index in [0.717, 1.165) is 0 Å². The first-order valence-electron chi connectivity index (χ1n) is 5.73. The molecule has 1 aromatic carbocycles. The number of nitrogens with zero attached hydrogens (tertiary/aromatic N) is 2.